The molecule has 1 saturated carbocycles. The van der Waals surface area contributed by atoms with Crippen LogP contribution in [0, 0.1) is 11.6 Å². The normalized spacial score (nSPS) is 14.6. The fourth-order valence-electron chi connectivity index (χ4n) is 3.87. The molecule has 0 radical (unpaired) electrons. The molecule has 1 heterocycles. The summed E-state index contributed by atoms with van der Waals surface area (Å²) in [6.45, 7) is 0.356. The average molecular weight is 411 g/mol. The number of hydrogen-bond acceptors (Lipinski definition) is 4. The smallest absolute Gasteiger partial charge is 0.246 e. The second-order valence-corrected chi connectivity index (χ2v) is 7.59. The molecule has 0 spiro atoms. The minimum Gasteiger partial charge on any atom is -0.334 e. The Kier molecular flexibility index (Phi) is 6.11. The zero-order chi connectivity index (χ0) is 20.9. The van der Waals surface area contributed by atoms with Gasteiger partial charge in [-0.05, 0) is 47.9 Å². The topological polar surface area (TPSA) is 63.9 Å². The molecule has 1 aliphatic rings. The molecule has 0 N–H and O–H groups in total. The second-order valence-electron chi connectivity index (χ2n) is 7.59. The van der Waals surface area contributed by atoms with Gasteiger partial charge < -0.3 is 4.90 Å². The van der Waals surface area contributed by atoms with E-state index in [9.17, 15) is 13.6 Å². The van der Waals surface area contributed by atoms with E-state index in [-0.39, 0.29) is 36.0 Å². The van der Waals surface area contributed by atoms with Crippen molar-refractivity contribution in [3.05, 3.63) is 65.7 Å². The summed E-state index contributed by atoms with van der Waals surface area (Å²) in [5, 5.41) is 12.2. The van der Waals surface area contributed by atoms with Gasteiger partial charge in [0.2, 0.25) is 11.7 Å². The van der Waals surface area contributed by atoms with Crippen LogP contribution in [0.3, 0.4) is 0 Å². The SMILES string of the molecule is O=C(Cn1nnc(-c2cccc(F)c2)n1)N(Cc1ccc(F)cc1)C1CCCCC1. The van der Waals surface area contributed by atoms with Crippen molar-refractivity contribution in [2.45, 2.75) is 51.2 Å². The van der Waals surface area contributed by atoms with Crippen LogP contribution in [0.5, 0.6) is 0 Å². The van der Waals surface area contributed by atoms with Gasteiger partial charge in [0.05, 0.1) is 0 Å². The largest absolute Gasteiger partial charge is 0.334 e. The molecule has 8 heteroatoms. The molecule has 0 saturated heterocycles. The van der Waals surface area contributed by atoms with Crippen LogP contribution < -0.4 is 0 Å². The Morgan fingerprint density at radius 3 is 2.53 bits per heavy atom. The lowest BCUT2D eigenvalue weighted by Crippen LogP contribution is -2.42. The van der Waals surface area contributed by atoms with E-state index in [1.807, 2.05) is 4.90 Å². The first-order valence-electron chi connectivity index (χ1n) is 10.2. The summed E-state index contributed by atoms with van der Waals surface area (Å²) < 4.78 is 26.7. The third-order valence-electron chi connectivity index (χ3n) is 5.41. The summed E-state index contributed by atoms with van der Waals surface area (Å²) in [4.78, 5) is 16.2. The highest BCUT2D eigenvalue weighted by molar-refractivity contribution is 5.76. The highest BCUT2D eigenvalue weighted by Crippen LogP contribution is 2.25. The number of halogens is 2. The van der Waals surface area contributed by atoms with Crippen molar-refractivity contribution < 1.29 is 13.6 Å². The van der Waals surface area contributed by atoms with Gasteiger partial charge in [-0.25, -0.2) is 8.78 Å². The lowest BCUT2D eigenvalue weighted by atomic mass is 9.93. The second kappa shape index (κ2) is 9.11. The van der Waals surface area contributed by atoms with E-state index < -0.39 is 0 Å². The molecule has 1 amide bonds. The zero-order valence-electron chi connectivity index (χ0n) is 16.5. The number of nitrogens with zero attached hydrogens (tertiary/aromatic N) is 5. The zero-order valence-corrected chi connectivity index (χ0v) is 16.5. The fraction of sp³-hybridized carbons (Fsp3) is 0.364. The molecule has 0 aliphatic heterocycles. The molecule has 4 rings (SSSR count). The Morgan fingerprint density at radius 2 is 1.80 bits per heavy atom. The van der Waals surface area contributed by atoms with E-state index in [0.717, 1.165) is 31.2 Å². The predicted molar refractivity (Wildman–Crippen MR) is 107 cm³/mol. The molecule has 0 bridgehead atoms. The first-order chi connectivity index (χ1) is 14.6. The molecular weight excluding hydrogens is 388 g/mol. The van der Waals surface area contributed by atoms with Gasteiger partial charge in [0.25, 0.3) is 0 Å². The molecule has 6 nitrogen and oxygen atoms in total. The number of rotatable bonds is 6. The number of benzene rings is 2. The van der Waals surface area contributed by atoms with Gasteiger partial charge in [0.1, 0.15) is 18.2 Å². The van der Waals surface area contributed by atoms with Crippen molar-refractivity contribution in [2.24, 2.45) is 0 Å². The Morgan fingerprint density at radius 1 is 1.03 bits per heavy atom. The Labute approximate surface area is 173 Å². The molecule has 0 atom stereocenters. The van der Waals surface area contributed by atoms with E-state index in [2.05, 4.69) is 15.4 Å². The molecule has 156 valence electrons. The summed E-state index contributed by atoms with van der Waals surface area (Å²) >= 11 is 0. The number of tetrazole rings is 1. The van der Waals surface area contributed by atoms with Crippen LogP contribution in [0.4, 0.5) is 8.78 Å². The molecule has 30 heavy (non-hydrogen) atoms. The van der Waals surface area contributed by atoms with Crippen LogP contribution in [0.15, 0.2) is 48.5 Å². The van der Waals surface area contributed by atoms with Gasteiger partial charge in [0, 0.05) is 18.2 Å². The minimum atomic E-state index is -0.386. The minimum absolute atomic E-state index is 0.0555. The van der Waals surface area contributed by atoms with Crippen molar-refractivity contribution in [1.29, 1.82) is 0 Å². The Hall–Kier alpha value is -3.16. The summed E-state index contributed by atoms with van der Waals surface area (Å²) in [6.07, 6.45) is 5.25. The predicted octanol–water partition coefficient (Wildman–Crippen LogP) is 3.98. The van der Waals surface area contributed by atoms with E-state index >= 15 is 0 Å². The van der Waals surface area contributed by atoms with Crippen LogP contribution in [0.2, 0.25) is 0 Å². The van der Waals surface area contributed by atoms with E-state index in [0.29, 0.717) is 12.1 Å². The fourth-order valence-corrected chi connectivity index (χ4v) is 3.87. The summed E-state index contributed by atoms with van der Waals surface area (Å²) in [5.74, 6) is -0.534. The van der Waals surface area contributed by atoms with E-state index in [1.54, 1.807) is 24.3 Å². The number of aromatic nitrogens is 4. The molecule has 1 fully saturated rings. The molecular formula is C22H23F2N5O. The highest BCUT2D eigenvalue weighted by atomic mass is 19.1. The molecule has 1 aliphatic carbocycles. The lowest BCUT2D eigenvalue weighted by Gasteiger charge is -2.34. The highest BCUT2D eigenvalue weighted by Gasteiger charge is 2.26. The summed E-state index contributed by atoms with van der Waals surface area (Å²) in [7, 11) is 0. The molecule has 1 aromatic heterocycles. The maximum Gasteiger partial charge on any atom is 0.246 e. The van der Waals surface area contributed by atoms with Gasteiger partial charge in [0.15, 0.2) is 0 Å². The van der Waals surface area contributed by atoms with Gasteiger partial charge in [-0.3, -0.25) is 4.79 Å². The van der Waals surface area contributed by atoms with Crippen LogP contribution in [-0.4, -0.2) is 37.1 Å². The van der Waals surface area contributed by atoms with Crippen LogP contribution >= 0.6 is 0 Å². The quantitative estimate of drug-likeness (QED) is 0.616. The molecule has 2 aromatic carbocycles. The number of carbonyl (C=O) groups is 1. The third-order valence-corrected chi connectivity index (χ3v) is 5.41. The number of amides is 1. The Balaban J connectivity index is 1.50. The summed E-state index contributed by atoms with van der Waals surface area (Å²) in [6, 6.07) is 12.3. The van der Waals surface area contributed by atoms with Crippen molar-refractivity contribution in [1.82, 2.24) is 25.1 Å². The van der Waals surface area contributed by atoms with Crippen LogP contribution in [0.25, 0.3) is 11.4 Å². The van der Waals surface area contributed by atoms with Crippen molar-refractivity contribution in [2.75, 3.05) is 0 Å². The maximum absolute atomic E-state index is 13.4. The van der Waals surface area contributed by atoms with Gasteiger partial charge >= 0.3 is 0 Å². The summed E-state index contributed by atoms with van der Waals surface area (Å²) in [5.41, 5.74) is 1.38. The third kappa shape index (κ3) is 4.87. The van der Waals surface area contributed by atoms with Gasteiger partial charge in [-0.2, -0.15) is 4.80 Å². The van der Waals surface area contributed by atoms with Gasteiger partial charge in [-0.15, -0.1) is 10.2 Å². The first-order valence-corrected chi connectivity index (χ1v) is 10.2. The molecule has 3 aromatic rings. The Bertz CT molecular complexity index is 999. The van der Waals surface area contributed by atoms with Crippen LogP contribution in [-0.2, 0) is 17.9 Å². The number of carbonyl (C=O) groups excluding carboxylic acids is 1. The van der Waals surface area contributed by atoms with E-state index in [4.69, 9.17) is 0 Å². The lowest BCUT2D eigenvalue weighted by molar-refractivity contribution is -0.136. The van der Waals surface area contributed by atoms with Crippen molar-refractivity contribution in [3.63, 3.8) is 0 Å². The van der Waals surface area contributed by atoms with Crippen molar-refractivity contribution in [3.8, 4) is 11.4 Å². The van der Waals surface area contributed by atoms with E-state index in [1.165, 1.54) is 35.5 Å². The van der Waals surface area contributed by atoms with Crippen molar-refractivity contribution >= 4 is 5.91 Å². The standard InChI is InChI=1S/C22H23F2N5O/c23-18-11-9-16(10-12-18)14-28(20-7-2-1-3-8-20)21(30)15-29-26-22(25-27-29)17-5-4-6-19(24)13-17/h4-6,9-13,20H,1-3,7-8,14-15H2. The van der Waals surface area contributed by atoms with Crippen LogP contribution in [0.1, 0.15) is 37.7 Å². The number of hydrogen-bond donors (Lipinski definition) is 0. The average Bonchev–Trinajstić information content (AvgIpc) is 3.22. The maximum atomic E-state index is 13.4. The van der Waals surface area contributed by atoms with Gasteiger partial charge in [-0.1, -0.05) is 43.5 Å². The molecule has 0 unspecified atom stereocenters. The monoisotopic (exact) mass is 411 g/mol. The first kappa shape index (κ1) is 20.1.